The van der Waals surface area contributed by atoms with Gasteiger partial charge < -0.3 is 15.2 Å². The maximum Gasteiger partial charge on any atom is 0.452 e. The number of hydrogen-bond donors (Lipinski definition) is 3. The predicted octanol–water partition coefficient (Wildman–Crippen LogP) is 3.43. The maximum absolute atomic E-state index is 13.9. The molecule has 0 fully saturated rings. The number of carbonyl (C=O) groups excluding carboxylic acids is 3. The van der Waals surface area contributed by atoms with Crippen LogP contribution < -0.4 is 16.6 Å². The topological polar surface area (TPSA) is 158 Å². The molecule has 0 aliphatic rings. The van der Waals surface area contributed by atoms with Crippen molar-refractivity contribution in [3.05, 3.63) is 130 Å². The highest BCUT2D eigenvalue weighted by Gasteiger charge is 2.51. The third-order valence-electron chi connectivity index (χ3n) is 6.79. The molecule has 3 aromatic carbocycles. The van der Waals surface area contributed by atoms with Gasteiger partial charge in [0, 0.05) is 12.5 Å². The van der Waals surface area contributed by atoms with Crippen molar-refractivity contribution in [1.29, 1.82) is 0 Å². The van der Waals surface area contributed by atoms with Crippen LogP contribution in [0.4, 0.5) is 13.2 Å². The molecule has 0 spiro atoms. The van der Waals surface area contributed by atoms with E-state index in [-0.39, 0.29) is 22.4 Å². The van der Waals surface area contributed by atoms with Crippen LogP contribution in [0.3, 0.4) is 0 Å². The molecule has 2 unspecified atom stereocenters. The number of hydrogen-bond acceptors (Lipinski definition) is 7. The van der Waals surface area contributed by atoms with Crippen molar-refractivity contribution in [2.24, 2.45) is 5.73 Å². The number of ether oxygens (including phenoxy) is 1. The first kappa shape index (κ1) is 32.4. The van der Waals surface area contributed by atoms with Gasteiger partial charge in [-0.2, -0.15) is 13.2 Å². The van der Waals surface area contributed by atoms with Gasteiger partial charge in [0.2, 0.25) is 0 Å². The second-order valence-electron chi connectivity index (χ2n) is 9.87. The lowest BCUT2D eigenvalue weighted by Crippen LogP contribution is -2.66. The Kier molecular flexibility index (Phi) is 9.63. The van der Waals surface area contributed by atoms with Crippen molar-refractivity contribution in [2.45, 2.75) is 30.9 Å². The molecule has 0 saturated carbocycles. The van der Waals surface area contributed by atoms with Gasteiger partial charge in [0.15, 0.2) is 0 Å². The van der Waals surface area contributed by atoms with Crippen LogP contribution in [0.1, 0.15) is 21.5 Å². The lowest BCUT2D eigenvalue weighted by molar-refractivity contribution is -0.174. The number of alkyl halides is 3. The minimum Gasteiger partial charge on any atom is -0.478 e. The van der Waals surface area contributed by atoms with Crippen LogP contribution >= 0.6 is 0 Å². The number of nitrogens with two attached hydrogens (primary N) is 1. The molecule has 1 aromatic heterocycles. The number of aromatic carboxylic acids is 1. The summed E-state index contributed by atoms with van der Waals surface area (Å²) in [5.74, 6) is -6.66. The molecular formula is C32H26F3N3O7. The third kappa shape index (κ3) is 7.33. The zero-order valence-corrected chi connectivity index (χ0v) is 23.4. The van der Waals surface area contributed by atoms with E-state index in [0.29, 0.717) is 10.1 Å². The lowest BCUT2D eigenvalue weighted by Gasteiger charge is -2.32. The Bertz CT molecular complexity index is 1760. The number of Topliss-reactive ketones (excluding diaryl/α,β-unsaturated/α-hetero) is 1. The summed E-state index contributed by atoms with van der Waals surface area (Å²) in [4.78, 5) is 64.6. The van der Waals surface area contributed by atoms with Crippen molar-refractivity contribution in [3.63, 3.8) is 0 Å². The van der Waals surface area contributed by atoms with Gasteiger partial charge in [-0.15, -0.1) is 0 Å². The van der Waals surface area contributed by atoms with Gasteiger partial charge in [-0.25, -0.2) is 9.59 Å². The van der Waals surface area contributed by atoms with E-state index in [4.69, 9.17) is 15.6 Å². The summed E-state index contributed by atoms with van der Waals surface area (Å²) >= 11 is 0. The van der Waals surface area contributed by atoms with Crippen molar-refractivity contribution in [3.8, 4) is 11.3 Å². The molecule has 0 radical (unpaired) electrons. The van der Waals surface area contributed by atoms with Crippen LogP contribution in [0.2, 0.25) is 0 Å². The van der Waals surface area contributed by atoms with Crippen molar-refractivity contribution < 1.29 is 42.2 Å². The average Bonchev–Trinajstić information content (AvgIpc) is 3.03. The number of nitrogens with one attached hydrogen (secondary N) is 1. The molecule has 0 saturated heterocycles. The highest BCUT2D eigenvalue weighted by Crippen LogP contribution is 2.25. The molecule has 0 aliphatic heterocycles. The lowest BCUT2D eigenvalue weighted by atomic mass is 10.00. The summed E-state index contributed by atoms with van der Waals surface area (Å²) < 4.78 is 46.8. The standard InChI is InChI=1S/C32H26F3N3O7/c33-32(34,35)27(40)24(18-20-8-3-1-4-9-20)37-29(43)31(36,30(44)45-19-21-14-16-23(17-15-21)28(41)42)38-25(12-7-13-26(38)39)22-10-5-2-6-11-22/h1-17,24H,18-19,36H2,(H,37,43)(H,41,42). The molecule has 13 heteroatoms. The Hall–Kier alpha value is -5.56. The number of pyridine rings is 1. The summed E-state index contributed by atoms with van der Waals surface area (Å²) in [5, 5.41) is 11.1. The van der Waals surface area contributed by atoms with Crippen LogP contribution in [0.5, 0.6) is 0 Å². The molecule has 1 heterocycles. The molecule has 4 aromatic rings. The number of halogens is 3. The molecule has 45 heavy (non-hydrogen) atoms. The van der Waals surface area contributed by atoms with Crippen LogP contribution in [-0.4, -0.2) is 45.5 Å². The number of esters is 1. The molecular weight excluding hydrogens is 595 g/mol. The van der Waals surface area contributed by atoms with E-state index < -0.39 is 60.1 Å². The van der Waals surface area contributed by atoms with E-state index >= 15 is 0 Å². The zero-order chi connectivity index (χ0) is 32.8. The molecule has 10 nitrogen and oxygen atoms in total. The highest BCUT2D eigenvalue weighted by atomic mass is 19.4. The maximum atomic E-state index is 13.9. The first-order valence-corrected chi connectivity index (χ1v) is 13.3. The average molecular weight is 622 g/mol. The second-order valence-corrected chi connectivity index (χ2v) is 9.87. The molecule has 0 aliphatic carbocycles. The fourth-order valence-corrected chi connectivity index (χ4v) is 4.50. The first-order chi connectivity index (χ1) is 21.3. The fourth-order valence-electron chi connectivity index (χ4n) is 4.50. The second kappa shape index (κ2) is 13.4. The van der Waals surface area contributed by atoms with E-state index in [1.807, 2.05) is 5.32 Å². The van der Waals surface area contributed by atoms with Crippen molar-refractivity contribution in [1.82, 2.24) is 9.88 Å². The Morgan fingerprint density at radius 1 is 0.822 bits per heavy atom. The Balaban J connectivity index is 1.79. The Labute approximate surface area is 253 Å². The number of amides is 1. The highest BCUT2D eigenvalue weighted by molar-refractivity contribution is 6.06. The molecule has 0 bridgehead atoms. The summed E-state index contributed by atoms with van der Waals surface area (Å²) in [7, 11) is 0. The van der Waals surface area contributed by atoms with E-state index in [2.05, 4.69) is 0 Å². The van der Waals surface area contributed by atoms with Crippen LogP contribution in [0, 0.1) is 0 Å². The molecule has 4 N–H and O–H groups in total. The largest absolute Gasteiger partial charge is 0.478 e. The van der Waals surface area contributed by atoms with Gasteiger partial charge >= 0.3 is 18.1 Å². The van der Waals surface area contributed by atoms with E-state index in [9.17, 15) is 37.1 Å². The van der Waals surface area contributed by atoms with Gasteiger partial charge in [0.25, 0.3) is 22.9 Å². The monoisotopic (exact) mass is 621 g/mol. The smallest absolute Gasteiger partial charge is 0.452 e. The van der Waals surface area contributed by atoms with Gasteiger partial charge in [-0.1, -0.05) is 78.9 Å². The van der Waals surface area contributed by atoms with Crippen molar-refractivity contribution in [2.75, 3.05) is 0 Å². The minimum absolute atomic E-state index is 0.0507. The number of carboxylic acids is 1. The third-order valence-corrected chi connectivity index (χ3v) is 6.79. The van der Waals surface area contributed by atoms with Gasteiger partial charge in [0.1, 0.15) is 12.6 Å². The summed E-state index contributed by atoms with van der Waals surface area (Å²) in [6.45, 7) is -0.553. The molecule has 2 atom stereocenters. The molecule has 1 amide bonds. The van der Waals surface area contributed by atoms with Crippen molar-refractivity contribution >= 4 is 23.6 Å². The fraction of sp³-hybridized carbons (Fsp3) is 0.156. The SMILES string of the molecule is NC(C(=O)NC(Cc1ccccc1)C(=O)C(F)(F)F)(C(=O)OCc1ccc(C(=O)O)cc1)n1c(-c2ccccc2)cccc1=O. The van der Waals surface area contributed by atoms with Crippen LogP contribution in [-0.2, 0) is 37.8 Å². The number of rotatable bonds is 11. The summed E-state index contributed by atoms with van der Waals surface area (Å²) in [6.07, 6.45) is -5.98. The van der Waals surface area contributed by atoms with Gasteiger partial charge in [-0.3, -0.25) is 24.7 Å². The zero-order valence-electron chi connectivity index (χ0n) is 23.4. The normalized spacial score (nSPS) is 13.2. The summed E-state index contributed by atoms with van der Waals surface area (Å²) in [6, 6.07) is 22.1. The molecule has 232 valence electrons. The Morgan fingerprint density at radius 3 is 2.00 bits per heavy atom. The van der Waals surface area contributed by atoms with Crippen LogP contribution in [0.25, 0.3) is 11.3 Å². The number of aromatic nitrogens is 1. The van der Waals surface area contributed by atoms with E-state index in [0.717, 1.165) is 6.07 Å². The quantitative estimate of drug-likeness (QED) is 0.170. The van der Waals surface area contributed by atoms with E-state index in [1.165, 1.54) is 60.7 Å². The summed E-state index contributed by atoms with van der Waals surface area (Å²) in [5.41, 5.74) is 3.09. The number of benzene rings is 3. The molecule has 4 rings (SSSR count). The van der Waals surface area contributed by atoms with Gasteiger partial charge in [-0.05, 0) is 34.9 Å². The minimum atomic E-state index is -5.37. The number of nitrogens with zero attached hydrogens (tertiary/aromatic N) is 1. The Morgan fingerprint density at radius 2 is 1.42 bits per heavy atom. The number of carboxylic acid groups (broad SMARTS) is 1. The van der Waals surface area contributed by atoms with E-state index in [1.54, 1.807) is 36.4 Å². The van der Waals surface area contributed by atoms with Crippen LogP contribution in [0.15, 0.2) is 108 Å². The number of carbonyl (C=O) groups is 4. The van der Waals surface area contributed by atoms with Gasteiger partial charge in [0.05, 0.1) is 11.3 Å². The first-order valence-electron chi connectivity index (χ1n) is 13.3. The predicted molar refractivity (Wildman–Crippen MR) is 155 cm³/mol. The number of ketones is 1.